The molecule has 0 aromatic carbocycles. The van der Waals surface area contributed by atoms with E-state index >= 15 is 0 Å². The molecule has 0 aromatic rings. The second kappa shape index (κ2) is 5.80. The topological polar surface area (TPSA) is 61.2 Å². The van der Waals surface area contributed by atoms with Crippen LogP contribution < -0.4 is 0 Å². The van der Waals surface area contributed by atoms with Gasteiger partial charge in [0.15, 0.2) is 0 Å². The molecule has 1 fully saturated rings. The Hall–Kier alpha value is -0.770. The van der Waals surface area contributed by atoms with Crippen LogP contribution in [0.1, 0.15) is 13.3 Å². The number of hydrogen-bond donors (Lipinski definition) is 0. The van der Waals surface area contributed by atoms with Gasteiger partial charge in [-0.1, -0.05) is 12.0 Å². The SMILES string of the molecule is CCC1CN(CCN=[N+]=[N-])CCO1. The van der Waals surface area contributed by atoms with Crippen LogP contribution in [-0.4, -0.2) is 43.8 Å². The van der Waals surface area contributed by atoms with Crippen LogP contribution >= 0.6 is 0 Å². The molecule has 0 saturated carbocycles. The van der Waals surface area contributed by atoms with E-state index in [1.54, 1.807) is 0 Å². The molecule has 1 aliphatic rings. The van der Waals surface area contributed by atoms with Crippen molar-refractivity contribution in [1.29, 1.82) is 0 Å². The summed E-state index contributed by atoms with van der Waals surface area (Å²) in [6, 6.07) is 0. The standard InChI is InChI=1S/C8H16N4O/c1-2-8-7-12(5-6-13-8)4-3-10-11-9/h8H,2-7H2,1H3. The number of ether oxygens (including phenoxy) is 1. The summed E-state index contributed by atoms with van der Waals surface area (Å²) in [7, 11) is 0. The summed E-state index contributed by atoms with van der Waals surface area (Å²) in [5.41, 5.74) is 8.11. The number of nitrogens with zero attached hydrogens (tertiary/aromatic N) is 4. The van der Waals surface area contributed by atoms with Crippen LogP contribution in [0.5, 0.6) is 0 Å². The van der Waals surface area contributed by atoms with Crippen LogP contribution in [0.3, 0.4) is 0 Å². The minimum absolute atomic E-state index is 0.361. The highest BCUT2D eigenvalue weighted by Crippen LogP contribution is 2.07. The first-order valence-corrected chi connectivity index (χ1v) is 4.71. The quantitative estimate of drug-likeness (QED) is 0.376. The van der Waals surface area contributed by atoms with Crippen molar-refractivity contribution in [2.24, 2.45) is 5.11 Å². The number of hydrogen-bond acceptors (Lipinski definition) is 3. The molecule has 5 nitrogen and oxygen atoms in total. The highest BCUT2D eigenvalue weighted by atomic mass is 16.5. The molecular weight excluding hydrogens is 168 g/mol. The molecule has 0 radical (unpaired) electrons. The van der Waals surface area contributed by atoms with E-state index in [4.69, 9.17) is 10.3 Å². The Morgan fingerprint density at radius 3 is 3.23 bits per heavy atom. The van der Waals surface area contributed by atoms with Crippen molar-refractivity contribution in [3.63, 3.8) is 0 Å². The summed E-state index contributed by atoms with van der Waals surface area (Å²) in [4.78, 5) is 5.01. The molecule has 1 rings (SSSR count). The van der Waals surface area contributed by atoms with Gasteiger partial charge in [0.1, 0.15) is 0 Å². The Labute approximate surface area is 78.3 Å². The van der Waals surface area contributed by atoms with E-state index < -0.39 is 0 Å². The van der Waals surface area contributed by atoms with Crippen molar-refractivity contribution < 1.29 is 4.74 Å². The zero-order valence-corrected chi connectivity index (χ0v) is 8.02. The largest absolute Gasteiger partial charge is 0.376 e. The van der Waals surface area contributed by atoms with Crippen molar-refractivity contribution in [1.82, 2.24) is 4.90 Å². The Kier molecular flexibility index (Phi) is 4.60. The molecule has 0 aliphatic carbocycles. The molecule has 1 heterocycles. The molecule has 1 atom stereocenters. The Morgan fingerprint density at radius 1 is 1.69 bits per heavy atom. The van der Waals surface area contributed by atoms with Crippen LogP contribution in [0.4, 0.5) is 0 Å². The van der Waals surface area contributed by atoms with Crippen molar-refractivity contribution in [2.75, 3.05) is 32.8 Å². The van der Waals surface area contributed by atoms with Gasteiger partial charge in [0, 0.05) is 31.1 Å². The van der Waals surface area contributed by atoms with Gasteiger partial charge in [0.2, 0.25) is 0 Å². The molecule has 1 saturated heterocycles. The highest BCUT2D eigenvalue weighted by molar-refractivity contribution is 4.70. The van der Waals surface area contributed by atoms with Gasteiger partial charge in [-0.15, -0.1) is 0 Å². The number of morpholine rings is 1. The fourth-order valence-electron chi connectivity index (χ4n) is 1.46. The second-order valence-corrected chi connectivity index (χ2v) is 3.16. The summed E-state index contributed by atoms with van der Waals surface area (Å²) < 4.78 is 5.52. The second-order valence-electron chi connectivity index (χ2n) is 3.16. The van der Waals surface area contributed by atoms with Gasteiger partial charge in [-0.3, -0.25) is 4.90 Å². The zero-order chi connectivity index (χ0) is 9.52. The van der Waals surface area contributed by atoms with Gasteiger partial charge in [0.25, 0.3) is 0 Å². The number of rotatable bonds is 4. The Morgan fingerprint density at radius 2 is 2.54 bits per heavy atom. The van der Waals surface area contributed by atoms with E-state index in [-0.39, 0.29) is 0 Å². The molecule has 1 unspecified atom stereocenters. The fourth-order valence-corrected chi connectivity index (χ4v) is 1.46. The van der Waals surface area contributed by atoms with E-state index in [0.29, 0.717) is 12.6 Å². The molecule has 0 spiro atoms. The van der Waals surface area contributed by atoms with Crippen LogP contribution in [0.2, 0.25) is 0 Å². The third kappa shape index (κ3) is 3.63. The first kappa shape index (κ1) is 10.3. The highest BCUT2D eigenvalue weighted by Gasteiger charge is 2.17. The van der Waals surface area contributed by atoms with Gasteiger partial charge in [-0.25, -0.2) is 0 Å². The average Bonchev–Trinajstić information content (AvgIpc) is 2.19. The van der Waals surface area contributed by atoms with E-state index in [1.165, 1.54) is 0 Å². The fraction of sp³-hybridized carbons (Fsp3) is 1.00. The third-order valence-corrected chi connectivity index (χ3v) is 2.26. The Balaban J connectivity index is 2.21. The minimum Gasteiger partial charge on any atom is -0.376 e. The van der Waals surface area contributed by atoms with Gasteiger partial charge in [-0.05, 0) is 12.0 Å². The predicted octanol–water partition coefficient (Wildman–Crippen LogP) is 1.41. The lowest BCUT2D eigenvalue weighted by Crippen LogP contribution is -2.43. The lowest BCUT2D eigenvalue weighted by molar-refractivity contribution is -0.0284. The molecule has 0 bridgehead atoms. The summed E-state index contributed by atoms with van der Waals surface area (Å²) >= 11 is 0. The molecule has 0 amide bonds. The maximum absolute atomic E-state index is 8.11. The molecule has 13 heavy (non-hydrogen) atoms. The van der Waals surface area contributed by atoms with Gasteiger partial charge < -0.3 is 4.74 Å². The van der Waals surface area contributed by atoms with E-state index in [2.05, 4.69) is 21.8 Å². The predicted molar refractivity (Wildman–Crippen MR) is 50.5 cm³/mol. The van der Waals surface area contributed by atoms with Crippen molar-refractivity contribution in [2.45, 2.75) is 19.4 Å². The molecular formula is C8H16N4O. The summed E-state index contributed by atoms with van der Waals surface area (Å²) in [6.45, 7) is 6.27. The van der Waals surface area contributed by atoms with Crippen LogP contribution in [0.15, 0.2) is 5.11 Å². The van der Waals surface area contributed by atoms with Gasteiger partial charge >= 0.3 is 0 Å². The molecule has 5 heteroatoms. The molecule has 0 N–H and O–H groups in total. The van der Waals surface area contributed by atoms with E-state index in [1.807, 2.05) is 0 Å². The number of azide groups is 1. The third-order valence-electron chi connectivity index (χ3n) is 2.26. The van der Waals surface area contributed by atoms with Gasteiger partial charge in [-0.2, -0.15) is 0 Å². The first-order chi connectivity index (χ1) is 6.36. The lowest BCUT2D eigenvalue weighted by atomic mass is 10.2. The van der Waals surface area contributed by atoms with E-state index in [9.17, 15) is 0 Å². The van der Waals surface area contributed by atoms with Crippen LogP contribution in [-0.2, 0) is 4.74 Å². The summed E-state index contributed by atoms with van der Waals surface area (Å²) in [5, 5.41) is 3.51. The lowest BCUT2D eigenvalue weighted by Gasteiger charge is -2.31. The average molecular weight is 184 g/mol. The van der Waals surface area contributed by atoms with Crippen molar-refractivity contribution in [3.8, 4) is 0 Å². The van der Waals surface area contributed by atoms with Gasteiger partial charge in [0.05, 0.1) is 12.7 Å². The first-order valence-electron chi connectivity index (χ1n) is 4.71. The maximum atomic E-state index is 8.11. The summed E-state index contributed by atoms with van der Waals surface area (Å²) in [6.07, 6.45) is 1.41. The van der Waals surface area contributed by atoms with Crippen LogP contribution in [0.25, 0.3) is 10.4 Å². The normalized spacial score (nSPS) is 23.9. The maximum Gasteiger partial charge on any atom is 0.0700 e. The Bertz CT molecular complexity index is 191. The van der Waals surface area contributed by atoms with E-state index in [0.717, 1.165) is 32.7 Å². The minimum atomic E-state index is 0.361. The van der Waals surface area contributed by atoms with Crippen LogP contribution in [0, 0.1) is 0 Å². The monoisotopic (exact) mass is 184 g/mol. The van der Waals surface area contributed by atoms with Crippen molar-refractivity contribution >= 4 is 0 Å². The summed E-state index contributed by atoms with van der Waals surface area (Å²) in [5.74, 6) is 0. The zero-order valence-electron chi connectivity index (χ0n) is 8.02. The molecule has 0 aromatic heterocycles. The molecule has 1 aliphatic heterocycles. The molecule has 74 valence electrons. The smallest absolute Gasteiger partial charge is 0.0700 e. The van der Waals surface area contributed by atoms with Crippen molar-refractivity contribution in [3.05, 3.63) is 10.4 Å².